The highest BCUT2D eigenvalue weighted by Gasteiger charge is 2.18. The fourth-order valence-electron chi connectivity index (χ4n) is 1.84. The fraction of sp³-hybridized carbons (Fsp3) is 0.133. The van der Waals surface area contributed by atoms with E-state index in [9.17, 15) is 8.42 Å². The summed E-state index contributed by atoms with van der Waals surface area (Å²) in [7, 11) is -3.63. The molecule has 4 nitrogen and oxygen atoms in total. The molecule has 7 heteroatoms. The van der Waals surface area contributed by atoms with Crippen LogP contribution in [0.2, 0.25) is 5.02 Å². The third-order valence-corrected chi connectivity index (χ3v) is 5.47. The topological polar surface area (TPSA) is 70.0 Å². The van der Waals surface area contributed by atoms with Crippen molar-refractivity contribution in [2.45, 2.75) is 10.1 Å². The number of hydrogen-bond acceptors (Lipinski definition) is 4. The number of rotatable bonds is 6. The molecule has 0 aliphatic heterocycles. The van der Waals surface area contributed by atoms with Crippen LogP contribution in [-0.2, 0) is 10.0 Å². The summed E-state index contributed by atoms with van der Waals surface area (Å²) >= 11 is 6.78. The van der Waals surface area contributed by atoms with Crippen molar-refractivity contribution in [2.24, 2.45) is 0 Å². The third-order valence-electron chi connectivity index (χ3n) is 2.95. The van der Waals surface area contributed by atoms with Gasteiger partial charge in [0.1, 0.15) is 5.40 Å². The van der Waals surface area contributed by atoms with E-state index in [1.54, 1.807) is 0 Å². The lowest BCUT2D eigenvalue weighted by molar-refractivity contribution is 0.581. The average Bonchev–Trinajstić information content (AvgIpc) is 2.53. The summed E-state index contributed by atoms with van der Waals surface area (Å²) < 4.78 is 27.0. The minimum atomic E-state index is -3.63. The first-order chi connectivity index (χ1) is 10.5. The maximum atomic E-state index is 12.2. The number of halogens is 1. The Hall–Kier alpha value is -1.52. The molecule has 0 aliphatic carbocycles. The molecular weight excluding hydrogens is 340 g/mol. The molecule has 22 heavy (non-hydrogen) atoms. The van der Waals surface area contributed by atoms with E-state index >= 15 is 0 Å². The van der Waals surface area contributed by atoms with Gasteiger partial charge in [0.2, 0.25) is 10.0 Å². The molecule has 0 spiro atoms. The zero-order chi connectivity index (χ0) is 16.0. The van der Waals surface area contributed by atoms with Crippen LogP contribution in [0, 0.1) is 10.7 Å². The van der Waals surface area contributed by atoms with E-state index in [2.05, 4.69) is 4.72 Å². The Morgan fingerprint density at radius 3 is 2.36 bits per heavy atom. The molecule has 0 bridgehead atoms. The largest absolute Gasteiger partial charge is 0.240 e. The maximum absolute atomic E-state index is 12.2. The molecule has 0 aromatic heterocycles. The molecule has 1 N–H and O–H groups in total. The fourth-order valence-corrected chi connectivity index (χ4v) is 3.71. The Morgan fingerprint density at radius 2 is 1.77 bits per heavy atom. The molecular formula is C15H13ClN2O2S2. The number of hydrogen-bond donors (Lipinski definition) is 1. The van der Waals surface area contributed by atoms with Gasteiger partial charge < -0.3 is 0 Å². The van der Waals surface area contributed by atoms with Crippen molar-refractivity contribution in [3.8, 4) is 5.40 Å². The quantitative estimate of drug-likeness (QED) is 0.807. The van der Waals surface area contributed by atoms with Gasteiger partial charge in [-0.2, -0.15) is 5.26 Å². The van der Waals surface area contributed by atoms with Crippen LogP contribution >= 0.6 is 23.4 Å². The van der Waals surface area contributed by atoms with E-state index in [-0.39, 0.29) is 16.7 Å². The molecule has 2 aromatic rings. The summed E-state index contributed by atoms with van der Waals surface area (Å²) in [5.74, 6) is 0. The summed E-state index contributed by atoms with van der Waals surface area (Å²) in [6, 6.07) is 15.2. The lowest BCUT2D eigenvalue weighted by atomic mass is 10.1. The van der Waals surface area contributed by atoms with Gasteiger partial charge in [-0.3, -0.25) is 0 Å². The van der Waals surface area contributed by atoms with Crippen molar-refractivity contribution >= 4 is 33.4 Å². The molecule has 114 valence electrons. The number of thioether (sulfide) groups is 1. The second-order valence-corrected chi connectivity index (χ2v) is 7.60. The van der Waals surface area contributed by atoms with Crippen molar-refractivity contribution in [3.05, 3.63) is 65.2 Å². The monoisotopic (exact) mass is 352 g/mol. The Balaban J connectivity index is 2.12. The van der Waals surface area contributed by atoms with Crippen LogP contribution in [0.4, 0.5) is 0 Å². The predicted octanol–water partition coefficient (Wildman–Crippen LogP) is 3.57. The second-order valence-electron chi connectivity index (χ2n) is 4.41. The van der Waals surface area contributed by atoms with Gasteiger partial charge in [-0.05, 0) is 41.6 Å². The first-order valence-corrected chi connectivity index (χ1v) is 9.12. The van der Waals surface area contributed by atoms with Crippen LogP contribution in [0.15, 0.2) is 59.5 Å². The van der Waals surface area contributed by atoms with E-state index in [0.29, 0.717) is 5.02 Å². The van der Waals surface area contributed by atoms with Gasteiger partial charge in [-0.1, -0.05) is 41.9 Å². The Bertz CT molecular complexity index is 756. The summed E-state index contributed by atoms with van der Waals surface area (Å²) in [5, 5.41) is 11.1. The zero-order valence-corrected chi connectivity index (χ0v) is 13.8. The van der Waals surface area contributed by atoms with Crippen LogP contribution in [-0.4, -0.2) is 15.0 Å². The number of thiocyanates is 1. The molecule has 0 radical (unpaired) electrons. The lowest BCUT2D eigenvalue weighted by Gasteiger charge is -2.14. The first kappa shape index (κ1) is 16.8. The van der Waals surface area contributed by atoms with Crippen LogP contribution in [0.25, 0.3) is 0 Å². The Morgan fingerprint density at radius 1 is 1.14 bits per heavy atom. The molecule has 2 rings (SSSR count). The van der Waals surface area contributed by atoms with E-state index in [1.807, 2.05) is 35.7 Å². The minimum absolute atomic E-state index is 0.132. The first-order valence-electron chi connectivity index (χ1n) is 6.38. The number of benzene rings is 2. The molecule has 0 fully saturated rings. The van der Waals surface area contributed by atoms with Gasteiger partial charge in [0.15, 0.2) is 0 Å². The Labute approximate surface area is 139 Å². The lowest BCUT2D eigenvalue weighted by Crippen LogP contribution is -2.27. The van der Waals surface area contributed by atoms with Crippen molar-refractivity contribution in [2.75, 3.05) is 6.54 Å². The van der Waals surface area contributed by atoms with E-state index in [1.165, 1.54) is 24.3 Å². The van der Waals surface area contributed by atoms with Crippen molar-refractivity contribution in [1.29, 1.82) is 5.26 Å². The van der Waals surface area contributed by atoms with Gasteiger partial charge >= 0.3 is 0 Å². The molecule has 0 saturated heterocycles. The molecule has 1 unspecified atom stereocenters. The summed E-state index contributed by atoms with van der Waals surface area (Å²) in [4.78, 5) is 0.144. The van der Waals surface area contributed by atoms with Crippen molar-refractivity contribution in [1.82, 2.24) is 4.72 Å². The molecule has 0 saturated carbocycles. The van der Waals surface area contributed by atoms with Crippen LogP contribution in [0.3, 0.4) is 0 Å². The molecule has 0 amide bonds. The summed E-state index contributed by atoms with van der Waals surface area (Å²) in [6.07, 6.45) is 0. The summed E-state index contributed by atoms with van der Waals surface area (Å²) in [5.41, 5.74) is 0.896. The minimum Gasteiger partial charge on any atom is -0.210 e. The highest BCUT2D eigenvalue weighted by Crippen LogP contribution is 2.27. The highest BCUT2D eigenvalue weighted by molar-refractivity contribution is 8.04. The number of sulfonamides is 1. The normalized spacial score (nSPS) is 12.5. The SMILES string of the molecule is N#CSC(CNS(=O)(=O)c1ccc(Cl)cc1)c1ccccc1. The molecule has 1 atom stereocenters. The van der Waals surface area contributed by atoms with Crippen LogP contribution < -0.4 is 4.72 Å². The smallest absolute Gasteiger partial charge is 0.210 e. The van der Waals surface area contributed by atoms with Crippen molar-refractivity contribution in [3.63, 3.8) is 0 Å². The Kier molecular flexibility index (Phi) is 5.86. The van der Waals surface area contributed by atoms with E-state index in [0.717, 1.165) is 17.3 Å². The van der Waals surface area contributed by atoms with E-state index < -0.39 is 10.0 Å². The molecule has 2 aromatic carbocycles. The van der Waals surface area contributed by atoms with Gasteiger partial charge in [-0.15, -0.1) is 0 Å². The average molecular weight is 353 g/mol. The number of nitriles is 1. The number of nitrogens with one attached hydrogen (secondary N) is 1. The second kappa shape index (κ2) is 7.65. The molecule has 0 heterocycles. The van der Waals surface area contributed by atoms with Gasteiger partial charge in [0.05, 0.1) is 10.1 Å². The zero-order valence-electron chi connectivity index (χ0n) is 11.4. The van der Waals surface area contributed by atoms with Crippen LogP contribution in [0.5, 0.6) is 0 Å². The molecule has 0 aliphatic rings. The standard InChI is InChI=1S/C15H13ClN2O2S2/c16-13-6-8-14(9-7-13)22(19,20)18-10-15(21-11-17)12-4-2-1-3-5-12/h1-9,15,18H,10H2. The highest BCUT2D eigenvalue weighted by atomic mass is 35.5. The van der Waals surface area contributed by atoms with Gasteiger partial charge in [0.25, 0.3) is 0 Å². The van der Waals surface area contributed by atoms with Gasteiger partial charge in [-0.25, -0.2) is 13.1 Å². The number of nitrogens with zero attached hydrogens (tertiary/aromatic N) is 1. The van der Waals surface area contributed by atoms with E-state index in [4.69, 9.17) is 16.9 Å². The van der Waals surface area contributed by atoms with Crippen molar-refractivity contribution < 1.29 is 8.42 Å². The van der Waals surface area contributed by atoms with Crippen LogP contribution in [0.1, 0.15) is 10.8 Å². The summed E-state index contributed by atoms with van der Waals surface area (Å²) in [6.45, 7) is 0.132. The van der Waals surface area contributed by atoms with Gasteiger partial charge in [0, 0.05) is 11.6 Å². The third kappa shape index (κ3) is 4.49. The maximum Gasteiger partial charge on any atom is 0.240 e. The predicted molar refractivity (Wildman–Crippen MR) is 89.0 cm³/mol.